The Balaban J connectivity index is 2.23. The zero-order valence-electron chi connectivity index (χ0n) is 9.88. The van der Waals surface area contributed by atoms with E-state index in [1.807, 2.05) is 24.3 Å². The minimum atomic E-state index is -0.630. The summed E-state index contributed by atoms with van der Waals surface area (Å²) in [6.07, 6.45) is 0. The molecule has 0 amide bonds. The van der Waals surface area contributed by atoms with Gasteiger partial charge in [-0.15, -0.1) is 0 Å². The molecule has 0 unspecified atom stereocenters. The number of benzene rings is 2. The summed E-state index contributed by atoms with van der Waals surface area (Å²) in [6.45, 7) is 0.431. The Hall–Kier alpha value is -1.46. The van der Waals surface area contributed by atoms with Crippen molar-refractivity contribution in [3.05, 3.63) is 51.2 Å². The van der Waals surface area contributed by atoms with E-state index in [4.69, 9.17) is 23.1 Å². The van der Waals surface area contributed by atoms with E-state index in [0.717, 1.165) is 10.0 Å². The first-order valence-electron chi connectivity index (χ1n) is 5.50. The maximum atomic E-state index is 13.9. The van der Waals surface area contributed by atoms with Crippen molar-refractivity contribution < 1.29 is 4.39 Å². The molecule has 0 saturated heterocycles. The molecule has 0 bridgehead atoms. The normalized spacial score (nSPS) is 10.5. The van der Waals surface area contributed by atoms with Crippen molar-refractivity contribution >= 4 is 44.6 Å². The predicted molar refractivity (Wildman–Crippen MR) is 81.7 cm³/mol. The van der Waals surface area contributed by atoms with E-state index in [1.165, 1.54) is 6.07 Å². The number of anilines is 3. The molecule has 19 heavy (non-hydrogen) atoms. The smallest absolute Gasteiger partial charge is 0.169 e. The van der Waals surface area contributed by atoms with Crippen LogP contribution in [0.3, 0.4) is 0 Å². The molecule has 0 saturated carbocycles. The Morgan fingerprint density at radius 3 is 2.63 bits per heavy atom. The lowest BCUT2D eigenvalue weighted by molar-refractivity contribution is 0.632. The molecule has 0 fully saturated rings. The molecule has 6 heteroatoms. The van der Waals surface area contributed by atoms with Crippen LogP contribution in [-0.2, 0) is 6.54 Å². The van der Waals surface area contributed by atoms with Crippen LogP contribution in [0.4, 0.5) is 21.5 Å². The quantitative estimate of drug-likeness (QED) is 0.737. The fourth-order valence-electron chi connectivity index (χ4n) is 1.68. The topological polar surface area (TPSA) is 64.1 Å². The average Bonchev–Trinajstić information content (AvgIpc) is 2.36. The fraction of sp³-hybridized carbons (Fsp3) is 0.0769. The van der Waals surface area contributed by atoms with Crippen LogP contribution in [0.5, 0.6) is 0 Å². The van der Waals surface area contributed by atoms with Gasteiger partial charge in [0.2, 0.25) is 0 Å². The van der Waals surface area contributed by atoms with Crippen molar-refractivity contribution in [3.8, 4) is 0 Å². The van der Waals surface area contributed by atoms with Gasteiger partial charge >= 0.3 is 0 Å². The molecule has 0 spiro atoms. The van der Waals surface area contributed by atoms with Gasteiger partial charge in [-0.2, -0.15) is 0 Å². The summed E-state index contributed by atoms with van der Waals surface area (Å²) in [5, 5.41) is 2.81. The van der Waals surface area contributed by atoms with Gasteiger partial charge in [0.05, 0.1) is 17.1 Å². The van der Waals surface area contributed by atoms with Gasteiger partial charge in [-0.3, -0.25) is 0 Å². The van der Waals surface area contributed by atoms with Crippen molar-refractivity contribution in [2.24, 2.45) is 0 Å². The summed E-state index contributed by atoms with van der Waals surface area (Å²) in [4.78, 5) is 0. The Kier molecular flexibility index (Phi) is 4.17. The van der Waals surface area contributed by atoms with Gasteiger partial charge in [0.1, 0.15) is 5.02 Å². The highest BCUT2D eigenvalue weighted by molar-refractivity contribution is 9.10. The third-order valence-electron chi connectivity index (χ3n) is 2.62. The first kappa shape index (κ1) is 14.0. The van der Waals surface area contributed by atoms with E-state index in [1.54, 1.807) is 0 Å². The van der Waals surface area contributed by atoms with Crippen molar-refractivity contribution in [1.29, 1.82) is 0 Å². The van der Waals surface area contributed by atoms with Gasteiger partial charge in [0.25, 0.3) is 0 Å². The van der Waals surface area contributed by atoms with E-state index in [9.17, 15) is 4.39 Å². The summed E-state index contributed by atoms with van der Waals surface area (Å²) in [6, 6.07) is 9.11. The largest absolute Gasteiger partial charge is 0.397 e. The molecular formula is C13H12BrClFN3. The molecule has 0 atom stereocenters. The van der Waals surface area contributed by atoms with Crippen molar-refractivity contribution in [3.63, 3.8) is 0 Å². The lowest BCUT2D eigenvalue weighted by Gasteiger charge is -2.13. The van der Waals surface area contributed by atoms with Crippen LogP contribution in [-0.4, -0.2) is 0 Å². The average molecular weight is 345 g/mol. The van der Waals surface area contributed by atoms with Crippen LogP contribution < -0.4 is 16.8 Å². The SMILES string of the molecule is Nc1cc(N)c(NCc2cccc(Br)c2)c(F)c1Cl. The highest BCUT2D eigenvalue weighted by Gasteiger charge is 2.13. The summed E-state index contributed by atoms with van der Waals surface area (Å²) in [5.41, 5.74) is 12.8. The van der Waals surface area contributed by atoms with E-state index in [2.05, 4.69) is 21.2 Å². The van der Waals surface area contributed by atoms with Gasteiger partial charge in [-0.05, 0) is 23.8 Å². The number of nitrogens with one attached hydrogen (secondary N) is 1. The molecule has 0 radical (unpaired) electrons. The number of hydrogen-bond acceptors (Lipinski definition) is 3. The molecule has 0 heterocycles. The second-order valence-corrected chi connectivity index (χ2v) is 5.34. The van der Waals surface area contributed by atoms with Gasteiger partial charge < -0.3 is 16.8 Å². The fourth-order valence-corrected chi connectivity index (χ4v) is 2.28. The molecule has 0 aliphatic heterocycles. The van der Waals surface area contributed by atoms with Crippen molar-refractivity contribution in [2.75, 3.05) is 16.8 Å². The highest BCUT2D eigenvalue weighted by atomic mass is 79.9. The first-order chi connectivity index (χ1) is 8.99. The molecule has 100 valence electrons. The minimum absolute atomic E-state index is 0.119. The Morgan fingerprint density at radius 2 is 1.95 bits per heavy atom. The summed E-state index contributed by atoms with van der Waals surface area (Å²) in [5.74, 6) is -0.630. The second kappa shape index (κ2) is 5.67. The number of hydrogen-bond donors (Lipinski definition) is 3. The van der Waals surface area contributed by atoms with E-state index in [-0.39, 0.29) is 22.1 Å². The van der Waals surface area contributed by atoms with E-state index < -0.39 is 5.82 Å². The lowest BCUT2D eigenvalue weighted by atomic mass is 10.2. The minimum Gasteiger partial charge on any atom is -0.397 e. The van der Waals surface area contributed by atoms with Gasteiger partial charge in [-0.1, -0.05) is 39.7 Å². The third-order valence-corrected chi connectivity index (χ3v) is 3.50. The number of nitrogens with two attached hydrogens (primary N) is 2. The second-order valence-electron chi connectivity index (χ2n) is 4.04. The van der Waals surface area contributed by atoms with Crippen LogP contribution in [0.15, 0.2) is 34.8 Å². The van der Waals surface area contributed by atoms with Crippen LogP contribution in [0.1, 0.15) is 5.56 Å². The maximum absolute atomic E-state index is 13.9. The highest BCUT2D eigenvalue weighted by Crippen LogP contribution is 2.33. The lowest BCUT2D eigenvalue weighted by Crippen LogP contribution is -2.06. The molecule has 3 nitrogen and oxygen atoms in total. The first-order valence-corrected chi connectivity index (χ1v) is 6.67. The number of rotatable bonds is 3. The van der Waals surface area contributed by atoms with Gasteiger partial charge in [0, 0.05) is 11.0 Å². The van der Waals surface area contributed by atoms with Crippen molar-refractivity contribution in [2.45, 2.75) is 6.54 Å². The van der Waals surface area contributed by atoms with E-state index >= 15 is 0 Å². The summed E-state index contributed by atoms with van der Waals surface area (Å²) in [7, 11) is 0. The standard InChI is InChI=1S/C13H12BrClFN3/c14-8-3-1-2-7(4-8)6-19-13-10(18)5-9(17)11(15)12(13)16/h1-5,19H,6,17-18H2. The van der Waals surface area contributed by atoms with Gasteiger partial charge in [0.15, 0.2) is 5.82 Å². The summed E-state index contributed by atoms with van der Waals surface area (Å²) >= 11 is 9.13. The zero-order valence-corrected chi connectivity index (χ0v) is 12.2. The Labute approximate surface area is 123 Å². The molecule has 2 aromatic carbocycles. The van der Waals surface area contributed by atoms with Crippen LogP contribution in [0.25, 0.3) is 0 Å². The van der Waals surface area contributed by atoms with Crippen LogP contribution >= 0.6 is 27.5 Å². The molecule has 5 N–H and O–H groups in total. The number of nitrogen functional groups attached to an aromatic ring is 2. The molecule has 0 aliphatic carbocycles. The monoisotopic (exact) mass is 343 g/mol. The van der Waals surface area contributed by atoms with Crippen molar-refractivity contribution in [1.82, 2.24) is 0 Å². The molecule has 0 aromatic heterocycles. The van der Waals surface area contributed by atoms with Crippen LogP contribution in [0.2, 0.25) is 5.02 Å². The molecular weight excluding hydrogens is 333 g/mol. The predicted octanol–water partition coefficient (Wildman–Crippen LogP) is 4.02. The molecule has 2 aromatic rings. The van der Waals surface area contributed by atoms with Crippen LogP contribution in [0, 0.1) is 5.82 Å². The van der Waals surface area contributed by atoms with Gasteiger partial charge in [-0.25, -0.2) is 4.39 Å². The zero-order chi connectivity index (χ0) is 14.0. The third kappa shape index (κ3) is 3.11. The summed E-state index contributed by atoms with van der Waals surface area (Å²) < 4.78 is 14.9. The Morgan fingerprint density at radius 1 is 1.21 bits per heavy atom. The number of halogens is 3. The Bertz CT molecular complexity index is 619. The maximum Gasteiger partial charge on any atom is 0.169 e. The van der Waals surface area contributed by atoms with E-state index in [0.29, 0.717) is 6.54 Å². The molecule has 0 aliphatic rings. The molecule has 2 rings (SSSR count).